The summed E-state index contributed by atoms with van der Waals surface area (Å²) in [5, 5.41) is 24.1. The van der Waals surface area contributed by atoms with Crippen LogP contribution in [0.5, 0.6) is 0 Å². The fraction of sp³-hybridized carbons (Fsp3) is 0.333. The van der Waals surface area contributed by atoms with E-state index in [0.717, 1.165) is 6.92 Å². The van der Waals surface area contributed by atoms with Gasteiger partial charge in [0.25, 0.3) is 5.97 Å². The number of aliphatic carboxylic acids is 1. The van der Waals surface area contributed by atoms with Crippen LogP contribution in [0, 0.1) is 0 Å². The minimum absolute atomic E-state index is 0. The molecule has 0 aromatic heterocycles. The van der Waals surface area contributed by atoms with E-state index in [9.17, 15) is 0 Å². The summed E-state index contributed by atoms with van der Waals surface area (Å²) in [6, 6.07) is 0. The Kier molecular flexibility index (Phi) is 41.0. The first kappa shape index (κ1) is 23.0. The Bertz CT molecular complexity index is 72.9. The van der Waals surface area contributed by atoms with Gasteiger partial charge in [0.15, 0.2) is 0 Å². The van der Waals surface area contributed by atoms with Gasteiger partial charge in [0.05, 0.1) is 0 Å². The summed E-state index contributed by atoms with van der Waals surface area (Å²) >= 11 is 0. The first-order valence-electron chi connectivity index (χ1n) is 1.54. The molecule has 0 spiro atoms. The van der Waals surface area contributed by atoms with Gasteiger partial charge < -0.3 is 20.1 Å². The Morgan fingerprint density at radius 1 is 1.20 bits per heavy atom. The van der Waals surface area contributed by atoms with Crippen LogP contribution in [0.2, 0.25) is 0 Å². The largest absolute Gasteiger partial charge is 1.00 e. The second-order valence-corrected chi connectivity index (χ2v) is 0.769. The molecule has 48 valence electrons. The molecule has 0 aliphatic carbocycles. The molecule has 0 radical (unpaired) electrons. The third kappa shape index (κ3) is 130. The van der Waals surface area contributed by atoms with E-state index < -0.39 is 12.1 Å². The third-order valence-electron chi connectivity index (χ3n) is 0. The minimum Gasteiger partial charge on any atom is -0.652 e. The molecule has 0 bridgehead atoms. The normalized spacial score (nSPS) is 4.90. The van der Waals surface area contributed by atoms with Crippen LogP contribution >= 0.6 is 0 Å². The van der Waals surface area contributed by atoms with E-state index in [1.807, 2.05) is 0 Å². The molecule has 0 saturated carbocycles. The summed E-state index contributed by atoms with van der Waals surface area (Å²) in [6.07, 6.45) is -2.33. The maximum atomic E-state index is 9.00. The molecule has 0 amide bonds. The molecule has 0 rings (SSSR count). The number of carbonyl (C=O) groups is 2. The standard InChI is InChI=1S/C2H4O2.CH2O3.2Cs/c1-2(3)4;2-1(3)4;;/h1H3,(H,3,4);(H2,2,3,4);;/q;;2*+1/p-2. The van der Waals surface area contributed by atoms with E-state index in [-0.39, 0.29) is 138 Å². The van der Waals surface area contributed by atoms with Crippen molar-refractivity contribution in [2.75, 3.05) is 0 Å². The zero-order valence-corrected chi connectivity index (χ0v) is 18.6. The molecule has 7 heteroatoms. The van der Waals surface area contributed by atoms with Crippen molar-refractivity contribution in [3.8, 4) is 0 Å². The number of carbonyl (C=O) groups excluding carboxylic acids is 1. The molecule has 0 aromatic rings. The molecular weight excluding hydrogens is 382 g/mol. The van der Waals surface area contributed by atoms with Crippen molar-refractivity contribution >= 4 is 12.1 Å². The maximum Gasteiger partial charge on any atom is 1.00 e. The number of carboxylic acid groups (broad SMARTS) is 3. The maximum absolute atomic E-state index is 9.00. The quantitative estimate of drug-likeness (QED) is 0.446. The van der Waals surface area contributed by atoms with Gasteiger partial charge in [-0.1, -0.05) is 0 Å². The van der Waals surface area contributed by atoms with Crippen molar-refractivity contribution in [3.63, 3.8) is 0 Å². The molecule has 10 heavy (non-hydrogen) atoms. The average molecular weight is 386 g/mol. The topological polar surface area (TPSA) is 100 Å². The Hall–Kier alpha value is 2.84. The average Bonchev–Trinajstić information content (AvgIpc) is 1.25. The van der Waals surface area contributed by atoms with Crippen LogP contribution < -0.4 is 148 Å². The molecule has 0 aliphatic rings. The van der Waals surface area contributed by atoms with Crippen molar-refractivity contribution in [1.82, 2.24) is 0 Å². The van der Waals surface area contributed by atoms with Gasteiger partial charge in [-0.05, 0) is 6.16 Å². The zero-order valence-electron chi connectivity index (χ0n) is 6.08. The first-order chi connectivity index (χ1) is 3.46. The van der Waals surface area contributed by atoms with Crippen molar-refractivity contribution in [2.24, 2.45) is 0 Å². The van der Waals surface area contributed by atoms with Gasteiger partial charge in [-0.15, -0.1) is 0 Å². The van der Waals surface area contributed by atoms with Gasteiger partial charge in [0.2, 0.25) is 0 Å². The van der Waals surface area contributed by atoms with E-state index >= 15 is 0 Å². The summed E-state index contributed by atoms with van der Waals surface area (Å²) in [6.45, 7) is 1.08. The van der Waals surface area contributed by atoms with Gasteiger partial charge in [-0.25, -0.2) is 0 Å². The van der Waals surface area contributed by atoms with Crippen LogP contribution in [0.25, 0.3) is 0 Å². The Labute approximate surface area is 176 Å². The van der Waals surface area contributed by atoms with Gasteiger partial charge in [0, 0.05) is 6.92 Å². The Morgan fingerprint density at radius 2 is 1.20 bits per heavy atom. The van der Waals surface area contributed by atoms with E-state index in [4.69, 9.17) is 24.9 Å². The molecule has 0 fully saturated rings. The summed E-state index contributed by atoms with van der Waals surface area (Å²) in [5.74, 6) is -0.833. The van der Waals surface area contributed by atoms with E-state index in [2.05, 4.69) is 0 Å². The monoisotopic (exact) mass is 386 g/mol. The molecule has 5 nitrogen and oxygen atoms in total. The second-order valence-electron chi connectivity index (χ2n) is 0.769. The predicted octanol–water partition coefficient (Wildman–Crippen LogP) is -8.35. The SMILES string of the molecule is CC(=O)O.O=C([O-])[O-].[Cs+].[Cs+]. The smallest absolute Gasteiger partial charge is 0.652 e. The predicted molar refractivity (Wildman–Crippen MR) is 18.7 cm³/mol. The summed E-state index contributed by atoms with van der Waals surface area (Å²) in [4.78, 5) is 17.3. The fourth-order valence-electron chi connectivity index (χ4n) is 0. The minimum atomic E-state index is -2.33. The van der Waals surface area contributed by atoms with Crippen molar-refractivity contribution in [2.45, 2.75) is 6.92 Å². The Balaban J connectivity index is -0.0000000300. The van der Waals surface area contributed by atoms with Crippen LogP contribution in [0.1, 0.15) is 6.92 Å². The van der Waals surface area contributed by atoms with Crippen molar-refractivity contribution in [3.05, 3.63) is 0 Å². The molecule has 0 unspecified atom stereocenters. The number of carboxylic acids is 1. The van der Waals surface area contributed by atoms with E-state index in [1.54, 1.807) is 0 Å². The second kappa shape index (κ2) is 17.8. The first-order valence-corrected chi connectivity index (χ1v) is 1.54. The zero-order chi connectivity index (χ0) is 7.15. The fourth-order valence-corrected chi connectivity index (χ4v) is 0. The summed E-state index contributed by atoms with van der Waals surface area (Å²) in [7, 11) is 0. The van der Waals surface area contributed by atoms with Crippen LogP contribution in [-0.2, 0) is 4.79 Å². The molecule has 0 saturated heterocycles. The number of hydrogen-bond donors (Lipinski definition) is 1. The Morgan fingerprint density at radius 3 is 1.20 bits per heavy atom. The van der Waals surface area contributed by atoms with Gasteiger partial charge in [0.1, 0.15) is 0 Å². The van der Waals surface area contributed by atoms with Crippen molar-refractivity contribution < 1.29 is 163 Å². The number of hydrogen-bond acceptors (Lipinski definition) is 4. The molecule has 0 aliphatic heterocycles. The summed E-state index contributed by atoms with van der Waals surface area (Å²) in [5.41, 5.74) is 0. The molecular formula is C3H4Cs2O5. The third-order valence-corrected chi connectivity index (χ3v) is 0. The van der Waals surface area contributed by atoms with Gasteiger partial charge >= 0.3 is 138 Å². The van der Waals surface area contributed by atoms with Gasteiger partial charge in [-0.3, -0.25) is 4.79 Å². The van der Waals surface area contributed by atoms with Crippen LogP contribution in [0.4, 0.5) is 4.79 Å². The summed E-state index contributed by atoms with van der Waals surface area (Å²) < 4.78 is 0. The number of rotatable bonds is 0. The molecule has 0 heterocycles. The molecule has 1 N–H and O–H groups in total. The molecule has 0 aromatic carbocycles. The van der Waals surface area contributed by atoms with Crippen LogP contribution in [0.3, 0.4) is 0 Å². The van der Waals surface area contributed by atoms with E-state index in [1.165, 1.54) is 0 Å². The van der Waals surface area contributed by atoms with Crippen LogP contribution in [0.15, 0.2) is 0 Å². The van der Waals surface area contributed by atoms with Crippen LogP contribution in [-0.4, -0.2) is 17.2 Å². The van der Waals surface area contributed by atoms with E-state index in [0.29, 0.717) is 0 Å². The molecule has 0 atom stereocenters. The van der Waals surface area contributed by atoms with Crippen molar-refractivity contribution in [1.29, 1.82) is 0 Å². The van der Waals surface area contributed by atoms with Gasteiger partial charge in [-0.2, -0.15) is 0 Å².